The summed E-state index contributed by atoms with van der Waals surface area (Å²) >= 11 is 0. The molecule has 5 nitrogen and oxygen atoms in total. The highest BCUT2D eigenvalue weighted by Crippen LogP contribution is 2.18. The molecule has 0 bridgehead atoms. The zero-order chi connectivity index (χ0) is 14.5. The zero-order valence-electron chi connectivity index (χ0n) is 13.1. The fourth-order valence-corrected chi connectivity index (χ4v) is 2.41. The number of β-amino-alcohol motifs (C(OH)–C–C–N with tert-alkyl or cyclic N) is 1. The second-order valence-electron chi connectivity index (χ2n) is 6.22. The Labute approximate surface area is 117 Å². The Balaban J connectivity index is 2.27. The zero-order valence-corrected chi connectivity index (χ0v) is 13.1. The number of aliphatic hydroxyl groups excluding tert-OH is 1. The molecule has 114 valence electrons. The lowest BCUT2D eigenvalue weighted by molar-refractivity contribution is -0.0496. The minimum atomic E-state index is -0.432. The Morgan fingerprint density at radius 2 is 1.95 bits per heavy atom. The molecule has 0 aliphatic carbocycles. The highest BCUT2D eigenvalue weighted by Gasteiger charge is 2.31. The molecule has 0 saturated carbocycles. The van der Waals surface area contributed by atoms with Crippen LogP contribution in [0, 0.1) is 0 Å². The lowest BCUT2D eigenvalue weighted by atomic mass is 9.99. The van der Waals surface area contributed by atoms with Crippen molar-refractivity contribution >= 4 is 0 Å². The average molecular weight is 274 g/mol. The van der Waals surface area contributed by atoms with Gasteiger partial charge >= 0.3 is 0 Å². The summed E-state index contributed by atoms with van der Waals surface area (Å²) in [7, 11) is 3.81. The Kier molecular flexibility index (Phi) is 6.69. The van der Waals surface area contributed by atoms with Crippen LogP contribution in [-0.2, 0) is 9.47 Å². The molecule has 1 saturated heterocycles. The SMILES string of the molecule is COCC(C)OCC(O)CN1CCN(C)C(C)(C)C1. The maximum absolute atomic E-state index is 10.0. The van der Waals surface area contributed by atoms with E-state index in [-0.39, 0.29) is 11.6 Å². The number of likely N-dealkylation sites (N-methyl/N-ethyl adjacent to an activating group) is 1. The molecule has 0 aromatic rings. The predicted molar refractivity (Wildman–Crippen MR) is 76.4 cm³/mol. The van der Waals surface area contributed by atoms with Crippen LogP contribution in [0.4, 0.5) is 0 Å². The topological polar surface area (TPSA) is 45.2 Å². The molecule has 19 heavy (non-hydrogen) atoms. The van der Waals surface area contributed by atoms with Gasteiger partial charge in [-0.2, -0.15) is 0 Å². The van der Waals surface area contributed by atoms with Crippen molar-refractivity contribution in [2.45, 2.75) is 38.5 Å². The van der Waals surface area contributed by atoms with Gasteiger partial charge in [0.15, 0.2) is 0 Å². The lowest BCUT2D eigenvalue weighted by Crippen LogP contribution is -2.58. The third-order valence-electron chi connectivity index (χ3n) is 3.84. The summed E-state index contributed by atoms with van der Waals surface area (Å²) in [5.41, 5.74) is 0.169. The van der Waals surface area contributed by atoms with Crippen molar-refractivity contribution in [3.63, 3.8) is 0 Å². The largest absolute Gasteiger partial charge is 0.389 e. The molecule has 1 rings (SSSR count). The summed E-state index contributed by atoms with van der Waals surface area (Å²) in [4.78, 5) is 4.68. The first-order valence-electron chi connectivity index (χ1n) is 7.07. The van der Waals surface area contributed by atoms with Crippen LogP contribution in [0.25, 0.3) is 0 Å². The predicted octanol–water partition coefficient (Wildman–Crippen LogP) is 0.425. The monoisotopic (exact) mass is 274 g/mol. The summed E-state index contributed by atoms with van der Waals surface area (Å²) in [6.07, 6.45) is -0.401. The van der Waals surface area contributed by atoms with E-state index in [9.17, 15) is 5.11 Å². The van der Waals surface area contributed by atoms with Crippen molar-refractivity contribution in [1.82, 2.24) is 9.80 Å². The average Bonchev–Trinajstić information content (AvgIpc) is 2.31. The number of aliphatic hydroxyl groups is 1. The van der Waals surface area contributed by atoms with E-state index in [1.807, 2.05) is 6.92 Å². The molecule has 2 atom stereocenters. The number of methoxy groups -OCH3 is 1. The summed E-state index contributed by atoms with van der Waals surface area (Å²) in [5, 5.41) is 10.0. The highest BCUT2D eigenvalue weighted by atomic mass is 16.5. The molecule has 1 N–H and O–H groups in total. The van der Waals surface area contributed by atoms with Crippen LogP contribution in [-0.4, -0.2) is 86.2 Å². The quantitative estimate of drug-likeness (QED) is 0.729. The summed E-state index contributed by atoms with van der Waals surface area (Å²) in [5.74, 6) is 0. The lowest BCUT2D eigenvalue weighted by Gasteiger charge is -2.45. The van der Waals surface area contributed by atoms with E-state index < -0.39 is 6.10 Å². The number of hydrogen-bond donors (Lipinski definition) is 1. The normalized spacial score (nSPS) is 24.3. The third-order valence-corrected chi connectivity index (χ3v) is 3.84. The van der Waals surface area contributed by atoms with Crippen LogP contribution in [0.5, 0.6) is 0 Å². The Hall–Kier alpha value is -0.200. The van der Waals surface area contributed by atoms with Gasteiger partial charge in [-0.25, -0.2) is 0 Å². The molecule has 2 unspecified atom stereocenters. The summed E-state index contributed by atoms with van der Waals surface area (Å²) < 4.78 is 10.5. The maximum atomic E-state index is 10.0. The van der Waals surface area contributed by atoms with E-state index in [1.54, 1.807) is 7.11 Å². The maximum Gasteiger partial charge on any atom is 0.0900 e. The Bertz CT molecular complexity index is 261. The van der Waals surface area contributed by atoms with Gasteiger partial charge in [-0.1, -0.05) is 0 Å². The molecule has 0 amide bonds. The number of hydrogen-bond acceptors (Lipinski definition) is 5. The smallest absolute Gasteiger partial charge is 0.0900 e. The van der Waals surface area contributed by atoms with Crippen LogP contribution in [0.1, 0.15) is 20.8 Å². The second-order valence-corrected chi connectivity index (χ2v) is 6.22. The summed E-state index contributed by atoms with van der Waals surface area (Å²) in [6.45, 7) is 11.1. The molecule has 1 heterocycles. The molecule has 1 aliphatic rings. The van der Waals surface area contributed by atoms with Gasteiger partial charge in [0.2, 0.25) is 0 Å². The van der Waals surface area contributed by atoms with Gasteiger partial charge in [-0.3, -0.25) is 9.80 Å². The molecule has 0 aromatic carbocycles. The molecular formula is C14H30N2O3. The van der Waals surface area contributed by atoms with Crippen molar-refractivity contribution in [1.29, 1.82) is 0 Å². The number of rotatable bonds is 7. The minimum absolute atomic E-state index is 0.0311. The third kappa shape index (κ3) is 5.75. The van der Waals surface area contributed by atoms with Gasteiger partial charge < -0.3 is 14.6 Å². The first kappa shape index (κ1) is 16.9. The Morgan fingerprint density at radius 3 is 2.53 bits per heavy atom. The van der Waals surface area contributed by atoms with Crippen LogP contribution in [0.3, 0.4) is 0 Å². The van der Waals surface area contributed by atoms with Gasteiger partial charge in [-0.15, -0.1) is 0 Å². The van der Waals surface area contributed by atoms with Gasteiger partial charge in [0.1, 0.15) is 0 Å². The van der Waals surface area contributed by atoms with Gasteiger partial charge in [0, 0.05) is 38.8 Å². The standard InChI is InChI=1S/C14H30N2O3/c1-12(9-18-5)19-10-13(17)8-16-7-6-15(4)14(2,3)11-16/h12-13,17H,6-11H2,1-5H3. The van der Waals surface area contributed by atoms with Crippen molar-refractivity contribution in [2.24, 2.45) is 0 Å². The molecule has 1 fully saturated rings. The van der Waals surface area contributed by atoms with Crippen LogP contribution < -0.4 is 0 Å². The van der Waals surface area contributed by atoms with Gasteiger partial charge in [0.25, 0.3) is 0 Å². The van der Waals surface area contributed by atoms with Crippen LogP contribution >= 0.6 is 0 Å². The van der Waals surface area contributed by atoms with Crippen molar-refractivity contribution in [3.8, 4) is 0 Å². The van der Waals surface area contributed by atoms with Crippen molar-refractivity contribution in [2.75, 3.05) is 53.6 Å². The van der Waals surface area contributed by atoms with Gasteiger partial charge in [0.05, 0.1) is 25.4 Å². The number of piperazine rings is 1. The van der Waals surface area contributed by atoms with Gasteiger partial charge in [-0.05, 0) is 27.8 Å². The van der Waals surface area contributed by atoms with E-state index in [0.29, 0.717) is 19.8 Å². The molecule has 5 heteroatoms. The van der Waals surface area contributed by atoms with Crippen molar-refractivity contribution in [3.05, 3.63) is 0 Å². The van der Waals surface area contributed by atoms with Crippen LogP contribution in [0.2, 0.25) is 0 Å². The van der Waals surface area contributed by atoms with E-state index >= 15 is 0 Å². The highest BCUT2D eigenvalue weighted by molar-refractivity contribution is 4.88. The fourth-order valence-electron chi connectivity index (χ4n) is 2.41. The van der Waals surface area contributed by atoms with E-state index in [1.165, 1.54) is 0 Å². The minimum Gasteiger partial charge on any atom is -0.389 e. The molecule has 0 aromatic heterocycles. The first-order chi connectivity index (χ1) is 8.85. The summed E-state index contributed by atoms with van der Waals surface area (Å²) in [6, 6.07) is 0. The Morgan fingerprint density at radius 1 is 1.26 bits per heavy atom. The van der Waals surface area contributed by atoms with Crippen LogP contribution in [0.15, 0.2) is 0 Å². The van der Waals surface area contributed by atoms with E-state index in [4.69, 9.17) is 9.47 Å². The van der Waals surface area contributed by atoms with E-state index in [2.05, 4.69) is 30.7 Å². The fraction of sp³-hybridized carbons (Fsp3) is 1.00. The second kappa shape index (κ2) is 7.55. The molecular weight excluding hydrogens is 244 g/mol. The van der Waals surface area contributed by atoms with E-state index in [0.717, 1.165) is 19.6 Å². The molecule has 0 radical (unpaired) electrons. The first-order valence-corrected chi connectivity index (χ1v) is 7.07. The number of nitrogens with zero attached hydrogens (tertiary/aromatic N) is 2. The van der Waals surface area contributed by atoms with Crippen molar-refractivity contribution < 1.29 is 14.6 Å². The molecule has 0 spiro atoms. The number of ether oxygens (including phenoxy) is 2. The molecule has 1 aliphatic heterocycles.